The van der Waals surface area contributed by atoms with Crippen molar-refractivity contribution >= 4 is 35.3 Å². The van der Waals surface area contributed by atoms with E-state index in [1.807, 2.05) is 0 Å². The SMILES string of the molecule is O=C(O)c1cccc(N2C(=O)c3cccc(F)c3C2=O)c1CN1C(=O)CCCC1=O. The fraction of sp³-hybridized carbons (Fsp3) is 0.190. The Kier molecular flexibility index (Phi) is 4.65. The Morgan fingerprint density at radius 3 is 2.27 bits per heavy atom. The molecular formula is C21H15FN2O6. The van der Waals surface area contributed by atoms with Gasteiger partial charge in [-0.3, -0.25) is 24.1 Å². The van der Waals surface area contributed by atoms with Gasteiger partial charge in [-0.25, -0.2) is 14.1 Å². The molecule has 0 unspecified atom stereocenters. The van der Waals surface area contributed by atoms with Crippen LogP contribution in [0.1, 0.15) is 55.9 Å². The Balaban J connectivity index is 1.85. The molecule has 9 heteroatoms. The van der Waals surface area contributed by atoms with E-state index in [1.165, 1.54) is 30.3 Å². The summed E-state index contributed by atoms with van der Waals surface area (Å²) in [5.41, 5.74) is -0.970. The van der Waals surface area contributed by atoms with E-state index in [0.29, 0.717) is 11.3 Å². The van der Waals surface area contributed by atoms with Crippen molar-refractivity contribution in [3.05, 3.63) is 64.5 Å². The van der Waals surface area contributed by atoms with E-state index in [-0.39, 0.29) is 35.2 Å². The highest BCUT2D eigenvalue weighted by molar-refractivity contribution is 6.34. The molecule has 30 heavy (non-hydrogen) atoms. The minimum Gasteiger partial charge on any atom is -0.478 e. The van der Waals surface area contributed by atoms with Crippen molar-refractivity contribution in [2.75, 3.05) is 4.90 Å². The van der Waals surface area contributed by atoms with Gasteiger partial charge in [0.2, 0.25) is 11.8 Å². The zero-order valence-corrected chi connectivity index (χ0v) is 15.6. The van der Waals surface area contributed by atoms with Crippen molar-refractivity contribution in [1.82, 2.24) is 4.90 Å². The van der Waals surface area contributed by atoms with E-state index < -0.39 is 47.5 Å². The number of amides is 4. The number of carbonyl (C=O) groups excluding carboxylic acids is 4. The molecule has 0 aliphatic carbocycles. The molecule has 4 amide bonds. The quantitative estimate of drug-likeness (QED) is 0.775. The number of piperidine rings is 1. The summed E-state index contributed by atoms with van der Waals surface area (Å²) in [6, 6.07) is 7.56. The first-order valence-electron chi connectivity index (χ1n) is 9.17. The zero-order valence-electron chi connectivity index (χ0n) is 15.6. The van der Waals surface area contributed by atoms with Gasteiger partial charge in [0.25, 0.3) is 11.8 Å². The van der Waals surface area contributed by atoms with Gasteiger partial charge >= 0.3 is 5.97 Å². The van der Waals surface area contributed by atoms with Crippen LogP contribution >= 0.6 is 0 Å². The molecule has 2 aromatic rings. The molecule has 0 atom stereocenters. The van der Waals surface area contributed by atoms with Gasteiger partial charge in [-0.05, 0) is 30.7 Å². The lowest BCUT2D eigenvalue weighted by atomic mass is 10.0. The number of benzene rings is 2. The second-order valence-electron chi connectivity index (χ2n) is 6.94. The van der Waals surface area contributed by atoms with E-state index in [1.54, 1.807) is 0 Å². The second kappa shape index (κ2) is 7.18. The van der Waals surface area contributed by atoms with Crippen LogP contribution in [-0.2, 0) is 16.1 Å². The number of halogens is 1. The molecule has 0 spiro atoms. The Labute approximate surface area is 169 Å². The first-order valence-corrected chi connectivity index (χ1v) is 9.17. The van der Waals surface area contributed by atoms with Gasteiger partial charge in [0.15, 0.2) is 0 Å². The van der Waals surface area contributed by atoms with Crippen LogP contribution in [0, 0.1) is 5.82 Å². The Hall–Kier alpha value is -3.88. The number of rotatable bonds is 4. The maximum Gasteiger partial charge on any atom is 0.336 e. The van der Waals surface area contributed by atoms with Crippen LogP contribution in [0.3, 0.4) is 0 Å². The molecule has 4 rings (SSSR count). The van der Waals surface area contributed by atoms with Crippen molar-refractivity contribution in [2.24, 2.45) is 0 Å². The Morgan fingerprint density at radius 1 is 0.967 bits per heavy atom. The van der Waals surface area contributed by atoms with Crippen molar-refractivity contribution in [3.63, 3.8) is 0 Å². The van der Waals surface area contributed by atoms with E-state index in [9.17, 15) is 33.5 Å². The van der Waals surface area contributed by atoms with E-state index in [0.717, 1.165) is 11.0 Å². The van der Waals surface area contributed by atoms with Crippen LogP contribution in [0.15, 0.2) is 36.4 Å². The number of hydrogen-bond acceptors (Lipinski definition) is 5. The lowest BCUT2D eigenvalue weighted by Gasteiger charge is -2.28. The van der Waals surface area contributed by atoms with Gasteiger partial charge < -0.3 is 5.11 Å². The smallest absolute Gasteiger partial charge is 0.336 e. The van der Waals surface area contributed by atoms with E-state index >= 15 is 0 Å². The summed E-state index contributed by atoms with van der Waals surface area (Å²) in [7, 11) is 0. The first kappa shape index (κ1) is 19.4. The number of fused-ring (bicyclic) bond motifs is 1. The standard InChI is InChI=1S/C21H15FN2O6/c22-14-6-1-5-12-18(14)20(28)24(19(12)27)15-7-2-4-11(21(29)30)13(15)10-23-16(25)8-3-9-17(23)26/h1-2,4-7H,3,8-10H2,(H,29,30). The molecule has 2 aromatic carbocycles. The van der Waals surface area contributed by atoms with Crippen LogP contribution in [0.25, 0.3) is 0 Å². The summed E-state index contributed by atoms with van der Waals surface area (Å²) in [4.78, 5) is 63.6. The van der Waals surface area contributed by atoms with Gasteiger partial charge in [-0.15, -0.1) is 0 Å². The number of carbonyl (C=O) groups is 5. The molecule has 8 nitrogen and oxygen atoms in total. The minimum atomic E-state index is -1.36. The van der Waals surface area contributed by atoms with Crippen molar-refractivity contribution in [2.45, 2.75) is 25.8 Å². The fourth-order valence-electron chi connectivity index (χ4n) is 3.75. The maximum atomic E-state index is 14.2. The maximum absolute atomic E-state index is 14.2. The number of carboxylic acids is 1. The van der Waals surface area contributed by atoms with Gasteiger partial charge in [0.05, 0.1) is 28.9 Å². The summed E-state index contributed by atoms with van der Waals surface area (Å²) >= 11 is 0. The molecule has 0 radical (unpaired) electrons. The molecule has 0 saturated carbocycles. The summed E-state index contributed by atoms with van der Waals surface area (Å²) < 4.78 is 14.2. The van der Waals surface area contributed by atoms with Gasteiger partial charge in [0, 0.05) is 18.4 Å². The van der Waals surface area contributed by atoms with Crippen LogP contribution < -0.4 is 4.90 Å². The zero-order chi connectivity index (χ0) is 21.6. The molecule has 0 aromatic heterocycles. The number of imide groups is 2. The molecule has 2 aliphatic heterocycles. The third-order valence-electron chi connectivity index (χ3n) is 5.19. The summed E-state index contributed by atoms with van der Waals surface area (Å²) in [6.45, 7) is -0.411. The number of carboxylic acid groups (broad SMARTS) is 1. The lowest BCUT2D eigenvalue weighted by Crippen LogP contribution is -2.40. The Bertz CT molecular complexity index is 1130. The average Bonchev–Trinajstić information content (AvgIpc) is 2.96. The fourth-order valence-corrected chi connectivity index (χ4v) is 3.75. The predicted octanol–water partition coefficient (Wildman–Crippen LogP) is 2.36. The number of anilines is 1. The van der Waals surface area contributed by atoms with Crippen molar-refractivity contribution in [3.8, 4) is 0 Å². The van der Waals surface area contributed by atoms with Crippen LogP contribution in [0.4, 0.5) is 10.1 Å². The highest BCUT2D eigenvalue weighted by Crippen LogP contribution is 2.34. The normalized spacial score (nSPS) is 16.3. The van der Waals surface area contributed by atoms with Crippen LogP contribution in [0.5, 0.6) is 0 Å². The minimum absolute atomic E-state index is 0.0523. The van der Waals surface area contributed by atoms with Crippen LogP contribution in [0.2, 0.25) is 0 Å². The van der Waals surface area contributed by atoms with Crippen molar-refractivity contribution < 1.29 is 33.5 Å². The third kappa shape index (κ3) is 2.95. The molecule has 1 fully saturated rings. The topological polar surface area (TPSA) is 112 Å². The van der Waals surface area contributed by atoms with Crippen LogP contribution in [-0.4, -0.2) is 39.6 Å². The number of nitrogens with zero attached hydrogens (tertiary/aromatic N) is 2. The van der Waals surface area contributed by atoms with E-state index in [4.69, 9.17) is 0 Å². The van der Waals surface area contributed by atoms with E-state index in [2.05, 4.69) is 0 Å². The molecule has 1 N–H and O–H groups in total. The third-order valence-corrected chi connectivity index (χ3v) is 5.19. The summed E-state index contributed by atoms with van der Waals surface area (Å²) in [5, 5.41) is 9.61. The summed E-state index contributed by atoms with van der Waals surface area (Å²) in [5.74, 6) is -4.91. The first-order chi connectivity index (χ1) is 14.3. The monoisotopic (exact) mass is 410 g/mol. The van der Waals surface area contributed by atoms with Gasteiger partial charge in [-0.1, -0.05) is 12.1 Å². The summed E-state index contributed by atoms with van der Waals surface area (Å²) in [6.07, 6.45) is 0.669. The number of likely N-dealkylation sites (tertiary alicyclic amines) is 1. The number of aromatic carboxylic acids is 1. The van der Waals surface area contributed by atoms with Gasteiger partial charge in [-0.2, -0.15) is 0 Å². The van der Waals surface area contributed by atoms with Crippen molar-refractivity contribution in [1.29, 1.82) is 0 Å². The molecule has 1 saturated heterocycles. The number of hydrogen-bond donors (Lipinski definition) is 1. The second-order valence-corrected chi connectivity index (χ2v) is 6.94. The largest absolute Gasteiger partial charge is 0.478 e. The molecule has 2 heterocycles. The molecule has 2 aliphatic rings. The average molecular weight is 410 g/mol. The Morgan fingerprint density at radius 2 is 1.63 bits per heavy atom. The highest BCUT2D eigenvalue weighted by Gasteiger charge is 2.41. The van der Waals surface area contributed by atoms with Gasteiger partial charge in [0.1, 0.15) is 5.82 Å². The lowest BCUT2D eigenvalue weighted by molar-refractivity contribution is -0.148. The molecule has 152 valence electrons. The molecule has 0 bridgehead atoms. The molecular weight excluding hydrogens is 395 g/mol. The highest BCUT2D eigenvalue weighted by atomic mass is 19.1. The predicted molar refractivity (Wildman–Crippen MR) is 100 cm³/mol.